The van der Waals surface area contributed by atoms with Gasteiger partial charge in [-0.2, -0.15) is 0 Å². The molecule has 1 aliphatic rings. The predicted octanol–water partition coefficient (Wildman–Crippen LogP) is 3.81. The maximum atomic E-state index is 13.5. The summed E-state index contributed by atoms with van der Waals surface area (Å²) in [4.78, 5) is 18.3. The van der Waals surface area contributed by atoms with Crippen molar-refractivity contribution >= 4 is 11.6 Å². The summed E-state index contributed by atoms with van der Waals surface area (Å²) in [5.41, 5.74) is 0.919. The minimum Gasteiger partial charge on any atom is -0.497 e. The van der Waals surface area contributed by atoms with Gasteiger partial charge in [-0.1, -0.05) is 31.1 Å². The van der Waals surface area contributed by atoms with Crippen molar-refractivity contribution in [1.82, 2.24) is 5.32 Å². The van der Waals surface area contributed by atoms with Crippen LogP contribution >= 0.6 is 0 Å². The SMILES string of the molecule is COc1ccc(C2=NO[C@](C)(C(=O)NCC(C)(C)c3cccc(F)c3)C2)cc1. The Kier molecular flexibility index (Phi) is 5.40. The Bertz CT molecular complexity index is 893. The fraction of sp³-hybridized carbons (Fsp3) is 0.364. The van der Waals surface area contributed by atoms with Crippen molar-refractivity contribution in [1.29, 1.82) is 0 Å². The van der Waals surface area contributed by atoms with Gasteiger partial charge >= 0.3 is 0 Å². The Morgan fingerprint density at radius 3 is 2.64 bits per heavy atom. The van der Waals surface area contributed by atoms with Crippen LogP contribution < -0.4 is 10.1 Å². The predicted molar refractivity (Wildman–Crippen MR) is 106 cm³/mol. The first kappa shape index (κ1) is 19.9. The van der Waals surface area contributed by atoms with Gasteiger partial charge in [-0.15, -0.1) is 0 Å². The molecule has 148 valence electrons. The third-order valence-electron chi connectivity index (χ3n) is 5.06. The summed E-state index contributed by atoms with van der Waals surface area (Å²) in [6.45, 7) is 5.99. The monoisotopic (exact) mass is 384 g/mol. The zero-order valence-electron chi connectivity index (χ0n) is 16.6. The number of nitrogens with zero attached hydrogens (tertiary/aromatic N) is 1. The van der Waals surface area contributed by atoms with Gasteiger partial charge in [0.1, 0.15) is 11.6 Å². The molecule has 0 saturated carbocycles. The van der Waals surface area contributed by atoms with Crippen molar-refractivity contribution in [3.63, 3.8) is 0 Å². The van der Waals surface area contributed by atoms with Crippen LogP contribution in [0.25, 0.3) is 0 Å². The fourth-order valence-electron chi connectivity index (χ4n) is 3.10. The van der Waals surface area contributed by atoms with Crippen LogP contribution in [0.15, 0.2) is 53.7 Å². The smallest absolute Gasteiger partial charge is 0.267 e. The van der Waals surface area contributed by atoms with Crippen LogP contribution in [0.4, 0.5) is 4.39 Å². The summed E-state index contributed by atoms with van der Waals surface area (Å²) in [5.74, 6) is 0.216. The first-order valence-corrected chi connectivity index (χ1v) is 9.17. The van der Waals surface area contributed by atoms with Crippen LogP contribution in [-0.2, 0) is 15.0 Å². The van der Waals surface area contributed by atoms with Gasteiger partial charge < -0.3 is 14.9 Å². The van der Waals surface area contributed by atoms with E-state index in [9.17, 15) is 9.18 Å². The van der Waals surface area contributed by atoms with Gasteiger partial charge in [-0.05, 0) is 54.4 Å². The van der Waals surface area contributed by atoms with E-state index < -0.39 is 11.0 Å². The Hall–Kier alpha value is -2.89. The number of rotatable bonds is 6. The molecule has 0 unspecified atom stereocenters. The summed E-state index contributed by atoms with van der Waals surface area (Å²) in [6, 6.07) is 13.9. The van der Waals surface area contributed by atoms with Crippen molar-refractivity contribution in [3.05, 3.63) is 65.5 Å². The summed E-state index contributed by atoms with van der Waals surface area (Å²) in [7, 11) is 1.61. The van der Waals surface area contributed by atoms with Gasteiger partial charge in [0.15, 0.2) is 0 Å². The number of carbonyl (C=O) groups is 1. The number of amides is 1. The fourth-order valence-corrected chi connectivity index (χ4v) is 3.10. The van der Waals surface area contributed by atoms with E-state index in [-0.39, 0.29) is 11.7 Å². The van der Waals surface area contributed by atoms with E-state index in [1.165, 1.54) is 12.1 Å². The molecule has 28 heavy (non-hydrogen) atoms. The van der Waals surface area contributed by atoms with Crippen LogP contribution in [0.5, 0.6) is 5.75 Å². The van der Waals surface area contributed by atoms with Gasteiger partial charge in [0.05, 0.1) is 12.8 Å². The van der Waals surface area contributed by atoms with Gasteiger partial charge in [0.25, 0.3) is 5.91 Å². The highest BCUT2D eigenvalue weighted by atomic mass is 19.1. The Morgan fingerprint density at radius 1 is 1.29 bits per heavy atom. The van der Waals surface area contributed by atoms with Crippen molar-refractivity contribution in [2.75, 3.05) is 13.7 Å². The zero-order chi connectivity index (χ0) is 20.4. The molecule has 1 heterocycles. The molecule has 0 aliphatic carbocycles. The second-order valence-electron chi connectivity index (χ2n) is 7.84. The minimum absolute atomic E-state index is 0.246. The number of methoxy groups -OCH3 is 1. The molecular weight excluding hydrogens is 359 g/mol. The van der Waals surface area contributed by atoms with E-state index in [0.717, 1.165) is 16.9 Å². The molecule has 2 aromatic carbocycles. The Morgan fingerprint density at radius 2 is 2.00 bits per heavy atom. The van der Waals surface area contributed by atoms with Crippen molar-refractivity contribution < 1.29 is 18.8 Å². The Labute approximate surface area is 164 Å². The lowest BCUT2D eigenvalue weighted by atomic mass is 9.84. The van der Waals surface area contributed by atoms with Gasteiger partial charge in [-0.3, -0.25) is 4.79 Å². The van der Waals surface area contributed by atoms with E-state index in [1.54, 1.807) is 20.1 Å². The largest absolute Gasteiger partial charge is 0.497 e. The molecule has 0 aromatic heterocycles. The number of ether oxygens (including phenoxy) is 1. The van der Waals surface area contributed by atoms with E-state index >= 15 is 0 Å². The number of oxime groups is 1. The number of carbonyl (C=O) groups excluding carboxylic acids is 1. The van der Waals surface area contributed by atoms with Crippen LogP contribution in [0.2, 0.25) is 0 Å². The van der Waals surface area contributed by atoms with Gasteiger partial charge in [0.2, 0.25) is 5.60 Å². The highest BCUT2D eigenvalue weighted by Crippen LogP contribution is 2.28. The molecule has 5 nitrogen and oxygen atoms in total. The summed E-state index contributed by atoms with van der Waals surface area (Å²) in [6.07, 6.45) is 0.367. The normalized spacial score (nSPS) is 19.0. The molecule has 1 atom stereocenters. The van der Waals surface area contributed by atoms with Crippen molar-refractivity contribution in [3.8, 4) is 5.75 Å². The molecule has 2 aromatic rings. The van der Waals surface area contributed by atoms with Gasteiger partial charge in [-0.25, -0.2) is 4.39 Å². The third kappa shape index (κ3) is 4.16. The number of benzene rings is 2. The topological polar surface area (TPSA) is 59.9 Å². The van der Waals surface area contributed by atoms with E-state index in [4.69, 9.17) is 9.57 Å². The second-order valence-corrected chi connectivity index (χ2v) is 7.84. The molecule has 0 spiro atoms. The summed E-state index contributed by atoms with van der Waals surface area (Å²) >= 11 is 0. The summed E-state index contributed by atoms with van der Waals surface area (Å²) in [5, 5.41) is 7.05. The lowest BCUT2D eigenvalue weighted by molar-refractivity contribution is -0.141. The number of nitrogens with one attached hydrogen (secondary N) is 1. The van der Waals surface area contributed by atoms with Crippen LogP contribution in [0.3, 0.4) is 0 Å². The van der Waals surface area contributed by atoms with E-state index in [1.807, 2.05) is 44.2 Å². The molecule has 0 bridgehead atoms. The average molecular weight is 384 g/mol. The molecular formula is C22H25FN2O3. The van der Waals surface area contributed by atoms with Crippen molar-refractivity contribution in [2.24, 2.45) is 5.16 Å². The quantitative estimate of drug-likeness (QED) is 0.824. The first-order chi connectivity index (χ1) is 13.2. The zero-order valence-corrected chi connectivity index (χ0v) is 16.6. The standard InChI is InChI=1S/C22H25FN2O3/c1-21(2,16-6-5-7-17(23)12-16)14-24-20(26)22(3)13-19(25-28-22)15-8-10-18(27-4)11-9-15/h5-12H,13-14H2,1-4H3,(H,24,26)/t22-/m0/s1. The molecule has 0 radical (unpaired) electrons. The number of hydrogen-bond donors (Lipinski definition) is 1. The molecule has 1 N–H and O–H groups in total. The lowest BCUT2D eigenvalue weighted by Crippen LogP contribution is -2.48. The second kappa shape index (κ2) is 7.62. The van der Waals surface area contributed by atoms with E-state index in [2.05, 4.69) is 10.5 Å². The maximum absolute atomic E-state index is 13.5. The highest BCUT2D eigenvalue weighted by Gasteiger charge is 2.42. The van der Waals surface area contributed by atoms with Crippen molar-refractivity contribution in [2.45, 2.75) is 38.2 Å². The van der Waals surface area contributed by atoms with Crippen LogP contribution in [-0.4, -0.2) is 30.9 Å². The van der Waals surface area contributed by atoms with Crippen LogP contribution in [0.1, 0.15) is 38.3 Å². The molecule has 1 aliphatic heterocycles. The Balaban J connectivity index is 1.63. The molecule has 1 amide bonds. The molecule has 6 heteroatoms. The molecule has 3 rings (SSSR count). The maximum Gasteiger partial charge on any atom is 0.267 e. The minimum atomic E-state index is -1.08. The number of hydrogen-bond acceptors (Lipinski definition) is 4. The lowest BCUT2D eigenvalue weighted by Gasteiger charge is -2.28. The van der Waals surface area contributed by atoms with Crippen LogP contribution in [0, 0.1) is 5.82 Å². The average Bonchev–Trinajstić information content (AvgIpc) is 3.10. The summed E-state index contributed by atoms with van der Waals surface area (Å²) < 4.78 is 18.7. The highest BCUT2D eigenvalue weighted by molar-refractivity contribution is 6.05. The third-order valence-corrected chi connectivity index (χ3v) is 5.06. The van der Waals surface area contributed by atoms with Gasteiger partial charge in [0, 0.05) is 18.4 Å². The first-order valence-electron chi connectivity index (χ1n) is 9.17. The number of halogens is 1. The molecule has 0 fully saturated rings. The molecule has 0 saturated heterocycles. The van der Waals surface area contributed by atoms with E-state index in [0.29, 0.717) is 18.7 Å².